The summed E-state index contributed by atoms with van der Waals surface area (Å²) in [6.07, 6.45) is 0. The van der Waals surface area contributed by atoms with Crippen LogP contribution < -0.4 is 15.9 Å². The van der Waals surface area contributed by atoms with Gasteiger partial charge in [-0.2, -0.15) is 0 Å². The molecule has 2 N–H and O–H groups in total. The Hall–Kier alpha value is -2.98. The van der Waals surface area contributed by atoms with Crippen LogP contribution in [-0.4, -0.2) is 12.5 Å². The second-order valence-corrected chi connectivity index (χ2v) is 9.63. The van der Waals surface area contributed by atoms with Crippen LogP contribution in [-0.2, 0) is 11.3 Å². The molecule has 3 nitrogen and oxygen atoms in total. The molecule has 0 atom stereocenters. The normalized spacial score (nSPS) is 17.0. The van der Waals surface area contributed by atoms with Crippen LogP contribution in [0.25, 0.3) is 21.5 Å². The first-order valence-corrected chi connectivity index (χ1v) is 10.9. The van der Waals surface area contributed by atoms with Crippen molar-refractivity contribution >= 4 is 39.6 Å². The van der Waals surface area contributed by atoms with Crippen molar-refractivity contribution in [2.45, 2.75) is 45.2 Å². The van der Waals surface area contributed by atoms with Gasteiger partial charge in [-0.15, -0.1) is 0 Å². The standard InChI is InChI=1S/C27H28BNO2/c1-26(2)27(3,4)31-28(26)21-13-14-22-20(16-21)11-10-19-12-15-23(29)25(24(19)22)30-17-18-8-6-5-7-9-18/h5-16H,17,29H2,1-4H3. The maximum Gasteiger partial charge on any atom is 0.335 e. The molecule has 0 aromatic heterocycles. The SMILES string of the molecule is CC1(C)OB(c2ccc3c(ccc4ccc(N)c(OCc5ccccc5)c43)c2)C1(C)C. The van der Waals surface area contributed by atoms with Crippen molar-refractivity contribution in [3.05, 3.63) is 78.4 Å². The predicted octanol–water partition coefficient (Wildman–Crippen LogP) is 5.94. The molecule has 5 rings (SSSR count). The van der Waals surface area contributed by atoms with Crippen LogP contribution in [0.2, 0.25) is 5.31 Å². The Morgan fingerprint density at radius 2 is 1.58 bits per heavy atom. The Kier molecular flexibility index (Phi) is 4.53. The van der Waals surface area contributed by atoms with Gasteiger partial charge in [-0.3, -0.25) is 0 Å². The van der Waals surface area contributed by atoms with Crippen molar-refractivity contribution < 1.29 is 9.39 Å². The highest BCUT2D eigenvalue weighted by atomic mass is 16.5. The van der Waals surface area contributed by atoms with Gasteiger partial charge in [0.15, 0.2) is 5.75 Å². The lowest BCUT2D eigenvalue weighted by molar-refractivity contribution is -0.00938. The molecule has 1 aliphatic rings. The molecule has 0 amide bonds. The van der Waals surface area contributed by atoms with Crippen molar-refractivity contribution in [2.75, 3.05) is 5.73 Å². The molecule has 4 aromatic rings. The molecule has 4 heteroatoms. The summed E-state index contributed by atoms with van der Waals surface area (Å²) in [7, 11) is 0. The number of nitrogens with two attached hydrogens (primary N) is 1. The zero-order chi connectivity index (χ0) is 21.8. The van der Waals surface area contributed by atoms with Crippen LogP contribution in [0.4, 0.5) is 5.69 Å². The highest BCUT2D eigenvalue weighted by Gasteiger charge is 2.59. The molecule has 1 heterocycles. The molecule has 1 saturated heterocycles. The number of anilines is 1. The molecule has 1 aliphatic heterocycles. The lowest BCUT2D eigenvalue weighted by Crippen LogP contribution is -2.66. The monoisotopic (exact) mass is 409 g/mol. The minimum atomic E-state index is -0.122. The van der Waals surface area contributed by atoms with Crippen molar-refractivity contribution in [1.29, 1.82) is 0 Å². The Bertz CT molecular complexity index is 1280. The molecule has 0 saturated carbocycles. The fraction of sp³-hybridized carbons (Fsp3) is 0.259. The number of hydrogen-bond acceptors (Lipinski definition) is 3. The second kappa shape index (κ2) is 7.03. The van der Waals surface area contributed by atoms with Gasteiger partial charge in [-0.25, -0.2) is 0 Å². The van der Waals surface area contributed by atoms with Crippen LogP contribution in [0.1, 0.15) is 33.3 Å². The van der Waals surface area contributed by atoms with Crippen LogP contribution >= 0.6 is 0 Å². The third-order valence-electron chi connectivity index (χ3n) is 7.16. The van der Waals surface area contributed by atoms with Gasteiger partial charge in [0.2, 0.25) is 0 Å². The summed E-state index contributed by atoms with van der Waals surface area (Å²) in [5, 5.41) is 4.58. The van der Waals surface area contributed by atoms with E-state index in [1.165, 1.54) is 10.8 Å². The van der Waals surface area contributed by atoms with Crippen LogP contribution in [0, 0.1) is 0 Å². The Morgan fingerprint density at radius 1 is 0.871 bits per heavy atom. The van der Waals surface area contributed by atoms with Gasteiger partial charge in [-0.1, -0.05) is 80.6 Å². The zero-order valence-electron chi connectivity index (χ0n) is 18.6. The number of ether oxygens (including phenoxy) is 1. The highest BCUT2D eigenvalue weighted by Crippen LogP contribution is 2.53. The molecule has 31 heavy (non-hydrogen) atoms. The van der Waals surface area contributed by atoms with Crippen LogP contribution in [0.15, 0.2) is 72.8 Å². The van der Waals surface area contributed by atoms with E-state index >= 15 is 0 Å². The average molecular weight is 409 g/mol. The van der Waals surface area contributed by atoms with Gasteiger partial charge in [0, 0.05) is 16.3 Å². The summed E-state index contributed by atoms with van der Waals surface area (Å²) in [5.74, 6) is 0.751. The largest absolute Gasteiger partial charge is 0.486 e. The first-order valence-electron chi connectivity index (χ1n) is 10.9. The number of fused-ring (bicyclic) bond motifs is 3. The van der Waals surface area contributed by atoms with E-state index in [1.807, 2.05) is 24.3 Å². The third kappa shape index (κ3) is 3.17. The number of nitrogen functional groups attached to an aromatic ring is 1. The molecule has 156 valence electrons. The molecular weight excluding hydrogens is 381 g/mol. The first-order chi connectivity index (χ1) is 14.8. The molecule has 0 aliphatic carbocycles. The maximum absolute atomic E-state index is 6.37. The average Bonchev–Trinajstić information content (AvgIpc) is 2.77. The number of hydrogen-bond donors (Lipinski definition) is 1. The number of rotatable bonds is 4. The maximum atomic E-state index is 6.37. The minimum absolute atomic E-state index is 0.0753. The summed E-state index contributed by atoms with van der Waals surface area (Å²) in [6, 6.07) is 25.1. The van der Waals surface area contributed by atoms with E-state index < -0.39 is 0 Å². The van der Waals surface area contributed by atoms with Gasteiger partial charge in [0.1, 0.15) is 6.61 Å². The first kappa shape index (κ1) is 20.0. The van der Waals surface area contributed by atoms with Crippen molar-refractivity contribution in [2.24, 2.45) is 0 Å². The fourth-order valence-electron chi connectivity index (χ4n) is 4.54. The van der Waals surface area contributed by atoms with Crippen molar-refractivity contribution in [3.8, 4) is 5.75 Å². The Morgan fingerprint density at radius 3 is 2.29 bits per heavy atom. The Labute approximate surface area is 184 Å². The van der Waals surface area contributed by atoms with Crippen LogP contribution in [0.3, 0.4) is 0 Å². The van der Waals surface area contributed by atoms with Gasteiger partial charge in [0.25, 0.3) is 0 Å². The second-order valence-electron chi connectivity index (χ2n) is 9.63. The van der Waals surface area contributed by atoms with E-state index in [0.717, 1.165) is 27.5 Å². The summed E-state index contributed by atoms with van der Waals surface area (Å²) in [6.45, 7) is 9.47. The van der Waals surface area contributed by atoms with E-state index in [-0.39, 0.29) is 17.8 Å². The van der Waals surface area contributed by atoms with Crippen molar-refractivity contribution in [3.63, 3.8) is 0 Å². The summed E-state index contributed by atoms with van der Waals surface area (Å²) < 4.78 is 12.5. The molecule has 0 spiro atoms. The summed E-state index contributed by atoms with van der Waals surface area (Å²) in [5.41, 5.74) is 9.24. The number of benzene rings is 4. The third-order valence-corrected chi connectivity index (χ3v) is 7.16. The minimum Gasteiger partial charge on any atom is -0.486 e. The van der Waals surface area contributed by atoms with E-state index in [9.17, 15) is 0 Å². The molecule has 0 bridgehead atoms. The molecule has 4 aromatic carbocycles. The van der Waals surface area contributed by atoms with E-state index in [4.69, 9.17) is 15.1 Å². The lowest BCUT2D eigenvalue weighted by Gasteiger charge is -2.57. The highest BCUT2D eigenvalue weighted by molar-refractivity contribution is 6.73. The van der Waals surface area contributed by atoms with Crippen molar-refractivity contribution in [1.82, 2.24) is 0 Å². The predicted molar refractivity (Wildman–Crippen MR) is 131 cm³/mol. The zero-order valence-corrected chi connectivity index (χ0v) is 18.6. The Balaban J connectivity index is 1.58. The molecule has 0 radical (unpaired) electrons. The molecular formula is C27H28BNO2. The van der Waals surface area contributed by atoms with E-state index in [1.54, 1.807) is 0 Å². The topological polar surface area (TPSA) is 44.5 Å². The van der Waals surface area contributed by atoms with E-state index in [2.05, 4.69) is 76.2 Å². The van der Waals surface area contributed by atoms with E-state index in [0.29, 0.717) is 12.3 Å². The quantitative estimate of drug-likeness (QED) is 0.258. The molecule has 0 unspecified atom stereocenters. The lowest BCUT2D eigenvalue weighted by atomic mass is 9.33. The van der Waals surface area contributed by atoms with Gasteiger partial charge >= 0.3 is 6.92 Å². The van der Waals surface area contributed by atoms with Gasteiger partial charge in [0.05, 0.1) is 5.69 Å². The van der Waals surface area contributed by atoms with Gasteiger partial charge in [-0.05, 0) is 47.1 Å². The smallest absolute Gasteiger partial charge is 0.335 e. The fourth-order valence-corrected chi connectivity index (χ4v) is 4.54. The molecule has 1 fully saturated rings. The van der Waals surface area contributed by atoms with Crippen LogP contribution in [0.5, 0.6) is 5.75 Å². The summed E-state index contributed by atoms with van der Waals surface area (Å²) >= 11 is 0. The van der Waals surface area contributed by atoms with Gasteiger partial charge < -0.3 is 15.1 Å². The summed E-state index contributed by atoms with van der Waals surface area (Å²) in [4.78, 5) is 0.